The van der Waals surface area contributed by atoms with Gasteiger partial charge in [-0.25, -0.2) is 0 Å². The summed E-state index contributed by atoms with van der Waals surface area (Å²) in [5.74, 6) is 0.386. The fraction of sp³-hybridized carbons (Fsp3) is 0.889. The molecule has 3 heteroatoms. The van der Waals surface area contributed by atoms with Crippen LogP contribution in [0.4, 0.5) is 0 Å². The average molecular weight is 422 g/mol. The molecule has 1 saturated heterocycles. The van der Waals surface area contributed by atoms with E-state index in [1.54, 1.807) is 0 Å². The molecule has 0 atom stereocenters. The first-order chi connectivity index (χ1) is 14.7. The summed E-state index contributed by atoms with van der Waals surface area (Å²) in [5, 5.41) is 0. The van der Waals surface area contributed by atoms with Crippen molar-refractivity contribution < 1.29 is 9.28 Å². The van der Waals surface area contributed by atoms with Gasteiger partial charge in [0.15, 0.2) is 0 Å². The molecular weight excluding hydrogens is 368 g/mol. The van der Waals surface area contributed by atoms with Crippen molar-refractivity contribution in [2.45, 2.75) is 117 Å². The number of piperazine rings is 1. The van der Waals surface area contributed by atoms with E-state index in [0.717, 1.165) is 56.6 Å². The molecule has 1 aliphatic heterocycles. The van der Waals surface area contributed by atoms with Crippen molar-refractivity contribution >= 4 is 5.91 Å². The number of hydrogen-bond acceptors (Lipinski definition) is 1. The molecule has 0 spiro atoms. The van der Waals surface area contributed by atoms with Crippen molar-refractivity contribution in [3.63, 3.8) is 0 Å². The highest BCUT2D eigenvalue weighted by Gasteiger charge is 2.31. The summed E-state index contributed by atoms with van der Waals surface area (Å²) in [6.07, 6.45) is 23.4. The maximum Gasteiger partial charge on any atom is 0.222 e. The Hall–Kier alpha value is -0.830. The number of amides is 1. The Kier molecular flexibility index (Phi) is 16.2. The smallest absolute Gasteiger partial charge is 0.222 e. The molecule has 0 N–H and O–H groups in total. The van der Waals surface area contributed by atoms with E-state index in [2.05, 4.69) is 25.3 Å². The zero-order valence-corrected chi connectivity index (χ0v) is 20.6. The highest BCUT2D eigenvalue weighted by molar-refractivity contribution is 5.76. The van der Waals surface area contributed by atoms with E-state index in [1.165, 1.54) is 89.9 Å². The van der Waals surface area contributed by atoms with Crippen LogP contribution in [0, 0.1) is 0 Å². The lowest BCUT2D eigenvalue weighted by molar-refractivity contribution is -0.924. The van der Waals surface area contributed by atoms with Crippen LogP contribution in [-0.4, -0.2) is 54.6 Å². The number of nitrogens with zero attached hydrogens (tertiary/aromatic N) is 2. The lowest BCUT2D eigenvalue weighted by Crippen LogP contribution is -2.60. The van der Waals surface area contributed by atoms with Gasteiger partial charge >= 0.3 is 0 Å². The molecule has 0 aromatic heterocycles. The summed E-state index contributed by atoms with van der Waals surface area (Å²) >= 11 is 0. The first-order valence-corrected chi connectivity index (χ1v) is 13.4. The van der Waals surface area contributed by atoms with Crippen LogP contribution in [0.5, 0.6) is 0 Å². The van der Waals surface area contributed by atoms with E-state index >= 15 is 0 Å². The molecule has 1 fully saturated rings. The second kappa shape index (κ2) is 17.8. The Morgan fingerprint density at radius 1 is 0.767 bits per heavy atom. The van der Waals surface area contributed by atoms with Crippen LogP contribution >= 0.6 is 0 Å². The van der Waals surface area contributed by atoms with Crippen molar-refractivity contribution in [3.05, 3.63) is 12.7 Å². The number of hydrogen-bond donors (Lipinski definition) is 0. The molecule has 0 aromatic carbocycles. The molecule has 1 amide bonds. The van der Waals surface area contributed by atoms with Crippen LogP contribution in [0.2, 0.25) is 0 Å². The van der Waals surface area contributed by atoms with E-state index in [-0.39, 0.29) is 0 Å². The minimum absolute atomic E-state index is 0.386. The van der Waals surface area contributed by atoms with Crippen molar-refractivity contribution in [1.82, 2.24) is 4.90 Å². The number of carbonyl (C=O) groups is 1. The molecule has 0 aromatic rings. The van der Waals surface area contributed by atoms with Gasteiger partial charge in [-0.1, -0.05) is 103 Å². The third-order valence-corrected chi connectivity index (χ3v) is 7.22. The molecular formula is C27H53N2O+. The summed E-state index contributed by atoms with van der Waals surface area (Å²) in [4.78, 5) is 14.6. The van der Waals surface area contributed by atoms with E-state index in [1.807, 2.05) is 6.08 Å². The standard InChI is InChI=1S/C27H53N2O/c1-4-7-8-9-10-11-12-13-14-15-16-17-18-19-20-21-27(30)28-22-25-29(6-3,24-5-2)26-23-28/h5H,2,4,6-26H2,1,3H3/q+1. The largest absolute Gasteiger partial charge is 0.331 e. The number of unbranched alkanes of at least 4 members (excludes halogenated alkanes) is 14. The molecule has 1 rings (SSSR count). The third-order valence-electron chi connectivity index (χ3n) is 7.22. The summed E-state index contributed by atoms with van der Waals surface area (Å²) in [5.41, 5.74) is 0. The Morgan fingerprint density at radius 3 is 1.60 bits per heavy atom. The average Bonchev–Trinajstić information content (AvgIpc) is 2.77. The molecule has 1 heterocycles. The van der Waals surface area contributed by atoms with Gasteiger partial charge in [-0.2, -0.15) is 0 Å². The molecule has 0 bridgehead atoms. The van der Waals surface area contributed by atoms with Gasteiger partial charge in [-0.3, -0.25) is 4.79 Å². The van der Waals surface area contributed by atoms with Crippen molar-refractivity contribution in [2.24, 2.45) is 0 Å². The normalized spacial score (nSPS) is 16.0. The van der Waals surface area contributed by atoms with Gasteiger partial charge in [0.25, 0.3) is 0 Å². The maximum absolute atomic E-state index is 12.5. The molecule has 3 nitrogen and oxygen atoms in total. The number of carbonyl (C=O) groups excluding carboxylic acids is 1. The second-order valence-electron chi connectivity index (χ2n) is 9.66. The lowest BCUT2D eigenvalue weighted by atomic mass is 10.0. The fourth-order valence-electron chi connectivity index (χ4n) is 4.85. The van der Waals surface area contributed by atoms with Crippen LogP contribution < -0.4 is 0 Å². The minimum Gasteiger partial charge on any atom is -0.331 e. The maximum atomic E-state index is 12.5. The zero-order valence-electron chi connectivity index (χ0n) is 20.6. The Bertz CT molecular complexity index is 427. The number of likely N-dealkylation sites (N-methyl/N-ethyl adjacent to an activating group) is 1. The SMILES string of the molecule is C=CC[N+]1(CC)CCN(C(=O)CCCCCCCCCCCCCCCCC)CC1. The molecule has 0 aliphatic carbocycles. The van der Waals surface area contributed by atoms with Gasteiger partial charge in [0, 0.05) is 6.42 Å². The Morgan fingerprint density at radius 2 is 1.20 bits per heavy atom. The van der Waals surface area contributed by atoms with Crippen LogP contribution in [0.3, 0.4) is 0 Å². The molecule has 0 saturated carbocycles. The van der Waals surface area contributed by atoms with Crippen LogP contribution in [0.15, 0.2) is 12.7 Å². The topological polar surface area (TPSA) is 20.3 Å². The van der Waals surface area contributed by atoms with Gasteiger partial charge in [0.05, 0.1) is 39.3 Å². The first kappa shape index (κ1) is 27.2. The predicted molar refractivity (Wildman–Crippen MR) is 132 cm³/mol. The lowest BCUT2D eigenvalue weighted by Gasteiger charge is -2.43. The summed E-state index contributed by atoms with van der Waals surface area (Å²) in [6, 6.07) is 0. The van der Waals surface area contributed by atoms with E-state index in [4.69, 9.17) is 0 Å². The van der Waals surface area contributed by atoms with Gasteiger partial charge in [-0.15, -0.1) is 0 Å². The van der Waals surface area contributed by atoms with Crippen LogP contribution in [-0.2, 0) is 4.79 Å². The molecule has 0 radical (unpaired) electrons. The highest BCUT2D eigenvalue weighted by atomic mass is 16.2. The molecule has 0 unspecified atom stereocenters. The molecule has 176 valence electrons. The summed E-state index contributed by atoms with van der Waals surface area (Å²) < 4.78 is 1.10. The van der Waals surface area contributed by atoms with Gasteiger partial charge in [-0.05, 0) is 19.4 Å². The van der Waals surface area contributed by atoms with Gasteiger partial charge in [0.1, 0.15) is 0 Å². The van der Waals surface area contributed by atoms with E-state index in [9.17, 15) is 4.79 Å². The molecule has 1 aliphatic rings. The van der Waals surface area contributed by atoms with Crippen molar-refractivity contribution in [1.29, 1.82) is 0 Å². The second-order valence-corrected chi connectivity index (χ2v) is 9.66. The van der Waals surface area contributed by atoms with Gasteiger partial charge < -0.3 is 9.38 Å². The predicted octanol–water partition coefficient (Wildman–Crippen LogP) is 7.11. The van der Waals surface area contributed by atoms with Gasteiger partial charge in [0.2, 0.25) is 5.91 Å². The zero-order chi connectivity index (χ0) is 21.9. The van der Waals surface area contributed by atoms with Crippen LogP contribution in [0.1, 0.15) is 117 Å². The first-order valence-electron chi connectivity index (χ1n) is 13.4. The summed E-state index contributed by atoms with van der Waals surface area (Å²) in [7, 11) is 0. The third kappa shape index (κ3) is 12.1. The monoisotopic (exact) mass is 421 g/mol. The van der Waals surface area contributed by atoms with Crippen molar-refractivity contribution in [3.8, 4) is 0 Å². The van der Waals surface area contributed by atoms with E-state index < -0.39 is 0 Å². The quantitative estimate of drug-likeness (QED) is 0.124. The summed E-state index contributed by atoms with van der Waals surface area (Å²) in [6.45, 7) is 14.7. The number of quaternary nitrogens is 1. The number of rotatable bonds is 19. The van der Waals surface area contributed by atoms with Crippen LogP contribution in [0.25, 0.3) is 0 Å². The minimum atomic E-state index is 0.386. The molecule has 30 heavy (non-hydrogen) atoms. The van der Waals surface area contributed by atoms with E-state index in [0.29, 0.717) is 5.91 Å². The highest BCUT2D eigenvalue weighted by Crippen LogP contribution is 2.16. The fourth-order valence-corrected chi connectivity index (χ4v) is 4.85. The Labute approximate surface area is 188 Å². The van der Waals surface area contributed by atoms with Crippen molar-refractivity contribution in [2.75, 3.05) is 39.3 Å². The Balaban J connectivity index is 1.89.